The predicted molar refractivity (Wildman–Crippen MR) is 56.8 cm³/mol. The van der Waals surface area contributed by atoms with E-state index in [-0.39, 0.29) is 5.41 Å². The third kappa shape index (κ3) is 3.90. The minimum Gasteiger partial charge on any atom is -0.303 e. The molecule has 0 saturated heterocycles. The standard InChI is InChI=1S/C11H23NO/c1-6-11(5,9-13)8-12(7-2)10(3)4/h9-10H,6-8H2,1-5H3. The Hall–Kier alpha value is -0.370. The number of hydrogen-bond acceptors (Lipinski definition) is 2. The second-order valence-corrected chi connectivity index (χ2v) is 4.28. The molecule has 0 aromatic carbocycles. The van der Waals surface area contributed by atoms with Crippen LogP contribution in [0.5, 0.6) is 0 Å². The molecule has 0 rings (SSSR count). The molecule has 0 aromatic rings. The molecule has 0 radical (unpaired) electrons. The molecular weight excluding hydrogens is 162 g/mol. The van der Waals surface area contributed by atoms with E-state index in [4.69, 9.17) is 0 Å². The Labute approximate surface area is 82.3 Å². The molecule has 0 aliphatic rings. The molecule has 0 saturated carbocycles. The van der Waals surface area contributed by atoms with E-state index in [1.807, 2.05) is 6.92 Å². The Balaban J connectivity index is 4.27. The van der Waals surface area contributed by atoms with E-state index in [0.717, 1.165) is 25.8 Å². The second kappa shape index (κ2) is 5.38. The molecule has 1 atom stereocenters. The normalized spacial score (nSPS) is 16.2. The fourth-order valence-corrected chi connectivity index (χ4v) is 1.36. The summed E-state index contributed by atoms with van der Waals surface area (Å²) in [5.74, 6) is 0. The van der Waals surface area contributed by atoms with E-state index in [1.165, 1.54) is 0 Å². The molecular formula is C11H23NO. The van der Waals surface area contributed by atoms with Crippen LogP contribution in [0.15, 0.2) is 0 Å². The van der Waals surface area contributed by atoms with Crippen molar-refractivity contribution < 1.29 is 4.79 Å². The van der Waals surface area contributed by atoms with Gasteiger partial charge in [-0.1, -0.05) is 20.8 Å². The molecule has 0 spiro atoms. The Bertz CT molecular complexity index is 156. The SMILES string of the molecule is CCN(CC(C)(C=O)CC)C(C)C. The van der Waals surface area contributed by atoms with Crippen molar-refractivity contribution in [2.75, 3.05) is 13.1 Å². The minimum absolute atomic E-state index is 0.166. The molecule has 1 unspecified atom stereocenters. The second-order valence-electron chi connectivity index (χ2n) is 4.28. The lowest BCUT2D eigenvalue weighted by molar-refractivity contribution is -0.116. The van der Waals surface area contributed by atoms with Gasteiger partial charge in [0.25, 0.3) is 0 Å². The van der Waals surface area contributed by atoms with Gasteiger partial charge in [0, 0.05) is 18.0 Å². The summed E-state index contributed by atoms with van der Waals surface area (Å²) in [5, 5.41) is 0. The summed E-state index contributed by atoms with van der Waals surface area (Å²) in [4.78, 5) is 13.2. The van der Waals surface area contributed by atoms with Gasteiger partial charge in [-0.2, -0.15) is 0 Å². The van der Waals surface area contributed by atoms with Gasteiger partial charge < -0.3 is 9.69 Å². The van der Waals surface area contributed by atoms with E-state index < -0.39 is 0 Å². The van der Waals surface area contributed by atoms with Crippen molar-refractivity contribution in [3.8, 4) is 0 Å². The summed E-state index contributed by atoms with van der Waals surface area (Å²) in [6, 6.07) is 0.524. The maximum Gasteiger partial charge on any atom is 0.127 e. The molecule has 0 aromatic heterocycles. The van der Waals surface area contributed by atoms with Crippen LogP contribution < -0.4 is 0 Å². The first-order valence-corrected chi connectivity index (χ1v) is 5.19. The van der Waals surface area contributed by atoms with Gasteiger partial charge in [0.05, 0.1) is 0 Å². The van der Waals surface area contributed by atoms with Crippen molar-refractivity contribution in [1.82, 2.24) is 4.90 Å². The largest absolute Gasteiger partial charge is 0.303 e. The molecule has 2 nitrogen and oxygen atoms in total. The van der Waals surface area contributed by atoms with Crippen molar-refractivity contribution >= 4 is 6.29 Å². The third-order valence-electron chi connectivity index (χ3n) is 2.79. The van der Waals surface area contributed by atoms with Crippen LogP contribution in [0.4, 0.5) is 0 Å². The van der Waals surface area contributed by atoms with Gasteiger partial charge in [-0.05, 0) is 26.8 Å². The zero-order chi connectivity index (χ0) is 10.5. The zero-order valence-corrected chi connectivity index (χ0v) is 9.63. The zero-order valence-electron chi connectivity index (χ0n) is 9.63. The maximum absolute atomic E-state index is 10.9. The van der Waals surface area contributed by atoms with E-state index >= 15 is 0 Å². The number of nitrogens with zero attached hydrogens (tertiary/aromatic N) is 1. The molecule has 78 valence electrons. The number of rotatable bonds is 6. The first-order valence-electron chi connectivity index (χ1n) is 5.19. The lowest BCUT2D eigenvalue weighted by Crippen LogP contribution is -2.40. The first-order chi connectivity index (χ1) is 5.99. The van der Waals surface area contributed by atoms with Gasteiger partial charge >= 0.3 is 0 Å². The Morgan fingerprint density at radius 3 is 2.15 bits per heavy atom. The number of carbonyl (C=O) groups excluding carboxylic acids is 1. The highest BCUT2D eigenvalue weighted by molar-refractivity contribution is 5.58. The van der Waals surface area contributed by atoms with Crippen molar-refractivity contribution in [3.63, 3.8) is 0 Å². The van der Waals surface area contributed by atoms with E-state index in [2.05, 4.69) is 32.6 Å². The van der Waals surface area contributed by atoms with Crippen LogP contribution in [-0.2, 0) is 4.79 Å². The average molecular weight is 185 g/mol. The molecule has 0 N–H and O–H groups in total. The predicted octanol–water partition coefficient (Wildman–Crippen LogP) is 2.33. The Morgan fingerprint density at radius 1 is 1.38 bits per heavy atom. The Kier molecular flexibility index (Phi) is 5.23. The molecule has 0 amide bonds. The molecule has 0 fully saturated rings. The maximum atomic E-state index is 10.9. The summed E-state index contributed by atoms with van der Waals surface area (Å²) < 4.78 is 0. The summed E-state index contributed by atoms with van der Waals surface area (Å²) in [7, 11) is 0. The summed E-state index contributed by atoms with van der Waals surface area (Å²) in [6.07, 6.45) is 2.01. The minimum atomic E-state index is -0.166. The smallest absolute Gasteiger partial charge is 0.127 e. The molecule has 0 aliphatic heterocycles. The first kappa shape index (κ1) is 12.6. The van der Waals surface area contributed by atoms with Crippen molar-refractivity contribution in [2.45, 2.75) is 47.1 Å². The van der Waals surface area contributed by atoms with E-state index in [0.29, 0.717) is 6.04 Å². The topological polar surface area (TPSA) is 20.3 Å². The highest BCUT2D eigenvalue weighted by Gasteiger charge is 2.24. The monoisotopic (exact) mass is 185 g/mol. The van der Waals surface area contributed by atoms with Crippen LogP contribution >= 0.6 is 0 Å². The van der Waals surface area contributed by atoms with Gasteiger partial charge in [0.1, 0.15) is 6.29 Å². The number of hydrogen-bond donors (Lipinski definition) is 0. The van der Waals surface area contributed by atoms with E-state index in [9.17, 15) is 4.79 Å². The average Bonchev–Trinajstić information content (AvgIpc) is 2.13. The van der Waals surface area contributed by atoms with E-state index in [1.54, 1.807) is 0 Å². The van der Waals surface area contributed by atoms with Gasteiger partial charge in [-0.15, -0.1) is 0 Å². The fourth-order valence-electron chi connectivity index (χ4n) is 1.36. The van der Waals surface area contributed by atoms with Crippen LogP contribution in [0.25, 0.3) is 0 Å². The van der Waals surface area contributed by atoms with Crippen LogP contribution in [0.3, 0.4) is 0 Å². The molecule has 2 heteroatoms. The van der Waals surface area contributed by atoms with Gasteiger partial charge in [-0.3, -0.25) is 0 Å². The number of aldehydes is 1. The summed E-state index contributed by atoms with van der Waals surface area (Å²) in [5.41, 5.74) is -0.166. The lowest BCUT2D eigenvalue weighted by Gasteiger charge is -2.32. The van der Waals surface area contributed by atoms with Crippen molar-refractivity contribution in [1.29, 1.82) is 0 Å². The van der Waals surface area contributed by atoms with Crippen LogP contribution in [0.1, 0.15) is 41.0 Å². The van der Waals surface area contributed by atoms with Crippen LogP contribution in [-0.4, -0.2) is 30.3 Å². The van der Waals surface area contributed by atoms with Crippen molar-refractivity contribution in [2.24, 2.45) is 5.41 Å². The highest BCUT2D eigenvalue weighted by Crippen LogP contribution is 2.20. The van der Waals surface area contributed by atoms with Gasteiger partial charge in [0.15, 0.2) is 0 Å². The molecule has 0 aliphatic carbocycles. The Morgan fingerprint density at radius 2 is 1.92 bits per heavy atom. The summed E-state index contributed by atoms with van der Waals surface area (Å²) in [6.45, 7) is 12.5. The fraction of sp³-hybridized carbons (Fsp3) is 0.909. The third-order valence-corrected chi connectivity index (χ3v) is 2.79. The highest BCUT2D eigenvalue weighted by atomic mass is 16.1. The van der Waals surface area contributed by atoms with Gasteiger partial charge in [-0.25, -0.2) is 0 Å². The number of carbonyl (C=O) groups is 1. The van der Waals surface area contributed by atoms with Crippen LogP contribution in [0.2, 0.25) is 0 Å². The molecule has 0 bridgehead atoms. The molecule has 13 heavy (non-hydrogen) atoms. The van der Waals surface area contributed by atoms with Crippen LogP contribution in [0, 0.1) is 5.41 Å². The quantitative estimate of drug-likeness (QED) is 0.592. The van der Waals surface area contributed by atoms with Gasteiger partial charge in [0.2, 0.25) is 0 Å². The lowest BCUT2D eigenvalue weighted by atomic mass is 9.88. The summed E-state index contributed by atoms with van der Waals surface area (Å²) >= 11 is 0. The molecule has 0 heterocycles. The van der Waals surface area contributed by atoms with Crippen molar-refractivity contribution in [3.05, 3.63) is 0 Å².